The molecule has 1 aromatic rings. The monoisotopic (exact) mass is 210 g/mol. The van der Waals surface area contributed by atoms with Gasteiger partial charge in [-0.3, -0.25) is 0 Å². The molecular formula is C10H14N2OS. The van der Waals surface area contributed by atoms with Gasteiger partial charge in [0.2, 0.25) is 0 Å². The first-order valence-corrected chi connectivity index (χ1v) is 4.81. The molecule has 4 N–H and O–H groups in total. The van der Waals surface area contributed by atoms with Crippen molar-refractivity contribution in [3.05, 3.63) is 23.8 Å². The number of anilines is 1. The fraction of sp³-hybridized carbons (Fsp3) is 0.300. The third kappa shape index (κ3) is 2.60. The quantitative estimate of drug-likeness (QED) is 0.517. The number of phenolic OH excluding ortho intramolecular Hbond substituents is 1. The smallest absolute Gasteiger partial charge is 0.168 e. The SMILES string of the molecule is CC(C)c1ccc(O)c(NC(N)=S)c1. The highest BCUT2D eigenvalue weighted by molar-refractivity contribution is 7.80. The lowest BCUT2D eigenvalue weighted by molar-refractivity contribution is 0.477. The molecule has 0 spiro atoms. The van der Waals surface area contributed by atoms with E-state index in [1.807, 2.05) is 12.1 Å². The van der Waals surface area contributed by atoms with E-state index in [0.29, 0.717) is 11.6 Å². The zero-order chi connectivity index (χ0) is 10.7. The van der Waals surface area contributed by atoms with Crippen molar-refractivity contribution in [1.29, 1.82) is 0 Å². The molecule has 0 radical (unpaired) electrons. The first-order chi connectivity index (χ1) is 6.50. The van der Waals surface area contributed by atoms with E-state index in [1.54, 1.807) is 6.07 Å². The Morgan fingerprint density at radius 1 is 1.50 bits per heavy atom. The van der Waals surface area contributed by atoms with Crippen LogP contribution in [0.3, 0.4) is 0 Å². The molecule has 14 heavy (non-hydrogen) atoms. The van der Waals surface area contributed by atoms with Gasteiger partial charge in [0.15, 0.2) is 5.11 Å². The predicted octanol–water partition coefficient (Wildman–Crippen LogP) is 2.17. The number of hydrogen-bond acceptors (Lipinski definition) is 2. The maximum absolute atomic E-state index is 9.49. The molecule has 0 amide bonds. The number of nitrogens with two attached hydrogens (primary N) is 1. The summed E-state index contributed by atoms with van der Waals surface area (Å²) in [7, 11) is 0. The molecule has 0 saturated heterocycles. The summed E-state index contributed by atoms with van der Waals surface area (Å²) >= 11 is 4.70. The molecule has 0 fully saturated rings. The van der Waals surface area contributed by atoms with Gasteiger partial charge >= 0.3 is 0 Å². The molecule has 0 heterocycles. The average Bonchev–Trinajstić information content (AvgIpc) is 2.07. The highest BCUT2D eigenvalue weighted by Crippen LogP contribution is 2.27. The second-order valence-corrected chi connectivity index (χ2v) is 3.86. The van der Waals surface area contributed by atoms with Crippen LogP contribution in [0.4, 0.5) is 5.69 Å². The second kappa shape index (κ2) is 4.28. The Hall–Kier alpha value is -1.29. The van der Waals surface area contributed by atoms with Crippen LogP contribution in [0.5, 0.6) is 5.75 Å². The molecule has 76 valence electrons. The lowest BCUT2D eigenvalue weighted by Gasteiger charge is -2.10. The van der Waals surface area contributed by atoms with Crippen molar-refractivity contribution in [3.8, 4) is 5.75 Å². The lowest BCUT2D eigenvalue weighted by atomic mass is 10.0. The standard InChI is InChI=1S/C10H14N2OS/c1-6(2)7-3-4-9(13)8(5-7)12-10(11)14/h3-6,13H,1-2H3,(H3,11,12,14). The summed E-state index contributed by atoms with van der Waals surface area (Å²) in [5.74, 6) is 0.560. The van der Waals surface area contributed by atoms with Crippen LogP contribution < -0.4 is 11.1 Å². The van der Waals surface area contributed by atoms with E-state index >= 15 is 0 Å². The van der Waals surface area contributed by atoms with Crippen LogP contribution in [-0.4, -0.2) is 10.2 Å². The van der Waals surface area contributed by atoms with Crippen molar-refractivity contribution in [2.75, 3.05) is 5.32 Å². The summed E-state index contributed by atoms with van der Waals surface area (Å²) in [4.78, 5) is 0. The molecule has 1 rings (SSSR count). The van der Waals surface area contributed by atoms with E-state index < -0.39 is 0 Å². The van der Waals surface area contributed by atoms with Gasteiger partial charge in [-0.15, -0.1) is 0 Å². The average molecular weight is 210 g/mol. The van der Waals surface area contributed by atoms with Crippen LogP contribution in [-0.2, 0) is 0 Å². The van der Waals surface area contributed by atoms with Crippen LogP contribution in [0, 0.1) is 0 Å². The predicted molar refractivity (Wildman–Crippen MR) is 62.6 cm³/mol. The molecule has 0 aliphatic carbocycles. The molecule has 3 nitrogen and oxygen atoms in total. The molecule has 1 aromatic carbocycles. The molecule has 0 aliphatic heterocycles. The van der Waals surface area contributed by atoms with Crippen molar-refractivity contribution in [2.24, 2.45) is 5.73 Å². The minimum absolute atomic E-state index is 0.154. The van der Waals surface area contributed by atoms with Gasteiger partial charge in [0.25, 0.3) is 0 Å². The van der Waals surface area contributed by atoms with E-state index in [9.17, 15) is 5.11 Å². The minimum Gasteiger partial charge on any atom is -0.506 e. The van der Waals surface area contributed by atoms with E-state index in [4.69, 9.17) is 18.0 Å². The minimum atomic E-state index is 0.154. The van der Waals surface area contributed by atoms with Gasteiger partial charge in [-0.05, 0) is 35.8 Å². The van der Waals surface area contributed by atoms with E-state index in [1.165, 1.54) is 0 Å². The molecule has 0 aromatic heterocycles. The van der Waals surface area contributed by atoms with Crippen molar-refractivity contribution in [3.63, 3.8) is 0 Å². The van der Waals surface area contributed by atoms with Crippen LogP contribution >= 0.6 is 12.2 Å². The normalized spacial score (nSPS) is 10.2. The topological polar surface area (TPSA) is 58.3 Å². The number of aromatic hydroxyl groups is 1. The van der Waals surface area contributed by atoms with Gasteiger partial charge < -0.3 is 16.2 Å². The van der Waals surface area contributed by atoms with Gasteiger partial charge in [-0.2, -0.15) is 0 Å². The molecule has 4 heteroatoms. The molecule has 0 saturated carbocycles. The van der Waals surface area contributed by atoms with Crippen molar-refractivity contribution < 1.29 is 5.11 Å². The van der Waals surface area contributed by atoms with E-state index in [-0.39, 0.29) is 10.9 Å². The zero-order valence-electron chi connectivity index (χ0n) is 8.24. The van der Waals surface area contributed by atoms with Gasteiger partial charge in [-0.1, -0.05) is 19.9 Å². The first-order valence-electron chi connectivity index (χ1n) is 4.40. The Kier molecular flexibility index (Phi) is 3.30. The Balaban J connectivity index is 3.02. The number of hydrogen-bond donors (Lipinski definition) is 3. The summed E-state index contributed by atoms with van der Waals surface area (Å²) in [6.07, 6.45) is 0. The number of nitrogens with one attached hydrogen (secondary N) is 1. The number of thiocarbonyl (C=S) groups is 1. The molecular weight excluding hydrogens is 196 g/mol. The molecule has 0 atom stereocenters. The summed E-state index contributed by atoms with van der Waals surface area (Å²) in [5, 5.41) is 12.4. The number of rotatable bonds is 2. The maximum Gasteiger partial charge on any atom is 0.168 e. The Bertz CT molecular complexity index is 350. The van der Waals surface area contributed by atoms with E-state index in [2.05, 4.69) is 19.2 Å². The highest BCUT2D eigenvalue weighted by Gasteiger charge is 2.05. The third-order valence-electron chi connectivity index (χ3n) is 1.95. The summed E-state index contributed by atoms with van der Waals surface area (Å²) in [6, 6.07) is 5.36. The van der Waals surface area contributed by atoms with E-state index in [0.717, 1.165) is 5.56 Å². The number of phenols is 1. The van der Waals surface area contributed by atoms with Crippen LogP contribution in [0.2, 0.25) is 0 Å². The zero-order valence-corrected chi connectivity index (χ0v) is 9.06. The fourth-order valence-corrected chi connectivity index (χ4v) is 1.26. The lowest BCUT2D eigenvalue weighted by Crippen LogP contribution is -2.19. The summed E-state index contributed by atoms with van der Waals surface area (Å²) in [6.45, 7) is 4.16. The Morgan fingerprint density at radius 2 is 2.14 bits per heavy atom. The van der Waals surface area contributed by atoms with Gasteiger partial charge in [0.05, 0.1) is 5.69 Å². The largest absolute Gasteiger partial charge is 0.506 e. The van der Waals surface area contributed by atoms with Crippen LogP contribution in [0.25, 0.3) is 0 Å². The molecule has 0 bridgehead atoms. The number of benzene rings is 1. The highest BCUT2D eigenvalue weighted by atomic mass is 32.1. The maximum atomic E-state index is 9.49. The first kappa shape index (κ1) is 10.8. The Labute approximate surface area is 88.9 Å². The van der Waals surface area contributed by atoms with Gasteiger partial charge in [0, 0.05) is 0 Å². The Morgan fingerprint density at radius 3 is 2.64 bits per heavy atom. The van der Waals surface area contributed by atoms with Crippen molar-refractivity contribution >= 4 is 23.0 Å². The van der Waals surface area contributed by atoms with Crippen molar-refractivity contribution in [1.82, 2.24) is 0 Å². The molecule has 0 unspecified atom stereocenters. The van der Waals surface area contributed by atoms with Gasteiger partial charge in [0.1, 0.15) is 5.75 Å². The van der Waals surface area contributed by atoms with Crippen LogP contribution in [0.1, 0.15) is 25.3 Å². The second-order valence-electron chi connectivity index (χ2n) is 3.42. The van der Waals surface area contributed by atoms with Gasteiger partial charge in [-0.25, -0.2) is 0 Å². The molecule has 0 aliphatic rings. The third-order valence-corrected chi connectivity index (χ3v) is 2.05. The summed E-state index contributed by atoms with van der Waals surface area (Å²) in [5.41, 5.74) is 7.01. The van der Waals surface area contributed by atoms with Crippen LogP contribution in [0.15, 0.2) is 18.2 Å². The fourth-order valence-electron chi connectivity index (χ4n) is 1.15. The summed E-state index contributed by atoms with van der Waals surface area (Å²) < 4.78 is 0. The van der Waals surface area contributed by atoms with Crippen molar-refractivity contribution in [2.45, 2.75) is 19.8 Å².